The highest BCUT2D eigenvalue weighted by Gasteiger charge is 2.19. The number of halogens is 1. The summed E-state index contributed by atoms with van der Waals surface area (Å²) in [5.41, 5.74) is 9.30. The second-order valence-electron chi connectivity index (χ2n) is 9.18. The van der Waals surface area contributed by atoms with Crippen molar-refractivity contribution in [1.29, 1.82) is 0 Å². The third kappa shape index (κ3) is 7.31. The van der Waals surface area contributed by atoms with E-state index in [1.807, 2.05) is 30.3 Å². The normalized spacial score (nSPS) is 20.2. The van der Waals surface area contributed by atoms with E-state index < -0.39 is 0 Å². The van der Waals surface area contributed by atoms with Crippen LogP contribution in [0.15, 0.2) is 82.6 Å². The maximum absolute atomic E-state index is 5.96. The monoisotopic (exact) mass is 509 g/mol. The summed E-state index contributed by atoms with van der Waals surface area (Å²) in [6.45, 7) is 10.7. The molecule has 186 valence electrons. The third-order valence-corrected chi connectivity index (χ3v) is 7.59. The number of benzene rings is 3. The van der Waals surface area contributed by atoms with E-state index in [4.69, 9.17) is 17.3 Å². The van der Waals surface area contributed by atoms with E-state index in [0.29, 0.717) is 12.1 Å². The molecule has 35 heavy (non-hydrogen) atoms. The van der Waals surface area contributed by atoms with Crippen LogP contribution >= 0.6 is 23.4 Å². The van der Waals surface area contributed by atoms with Gasteiger partial charge >= 0.3 is 0 Å². The molecule has 2 unspecified atom stereocenters. The molecule has 0 radical (unpaired) electrons. The lowest BCUT2D eigenvalue weighted by Gasteiger charge is -2.34. The van der Waals surface area contributed by atoms with Crippen LogP contribution in [0.4, 0.5) is 17.1 Å². The molecule has 4 N–H and O–H groups in total. The van der Waals surface area contributed by atoms with Crippen molar-refractivity contribution in [3.63, 3.8) is 0 Å². The van der Waals surface area contributed by atoms with Crippen LogP contribution in [0.1, 0.15) is 13.8 Å². The quantitative estimate of drug-likeness (QED) is 0.412. The van der Waals surface area contributed by atoms with Crippen LogP contribution in [0, 0.1) is 0 Å². The second kappa shape index (κ2) is 12.5. The summed E-state index contributed by atoms with van der Waals surface area (Å²) in [6.07, 6.45) is 0. The first kappa shape index (κ1) is 25.7. The van der Waals surface area contributed by atoms with Gasteiger partial charge < -0.3 is 26.2 Å². The van der Waals surface area contributed by atoms with Gasteiger partial charge in [0.1, 0.15) is 0 Å². The number of rotatable bonds is 4. The van der Waals surface area contributed by atoms with Crippen LogP contribution in [-0.4, -0.2) is 51.4 Å². The number of anilines is 3. The molecule has 2 aliphatic heterocycles. The van der Waals surface area contributed by atoms with Crippen molar-refractivity contribution in [3.05, 3.63) is 77.8 Å². The molecule has 0 amide bonds. The highest BCUT2D eigenvalue weighted by atomic mass is 35.5. The minimum atomic E-state index is 0.535. The Hall–Kier alpha value is -2.38. The molecule has 3 aromatic carbocycles. The van der Waals surface area contributed by atoms with Gasteiger partial charge in [0, 0.05) is 66.2 Å². The van der Waals surface area contributed by atoms with Gasteiger partial charge in [0.05, 0.1) is 17.1 Å². The summed E-state index contributed by atoms with van der Waals surface area (Å²) in [5.74, 6) is 0. The average molecular weight is 510 g/mol. The third-order valence-electron chi connectivity index (χ3n) is 6.26. The number of para-hydroxylation sites is 3. The molecule has 0 aliphatic carbocycles. The van der Waals surface area contributed by atoms with Crippen LogP contribution in [0.2, 0.25) is 5.02 Å². The fourth-order valence-corrected chi connectivity index (χ4v) is 5.61. The van der Waals surface area contributed by atoms with E-state index in [0.717, 1.165) is 50.0 Å². The van der Waals surface area contributed by atoms with Crippen LogP contribution in [0.3, 0.4) is 0 Å². The molecular formula is C28H36ClN5S. The van der Waals surface area contributed by atoms with Gasteiger partial charge in [-0.25, -0.2) is 0 Å². The lowest BCUT2D eigenvalue weighted by molar-refractivity contribution is 0.483. The summed E-state index contributed by atoms with van der Waals surface area (Å²) in [5, 5.41) is 7.69. The van der Waals surface area contributed by atoms with Crippen molar-refractivity contribution in [1.82, 2.24) is 10.6 Å². The standard InChI is InChI=1S/C17H19ClN2S.C11H17N3/c1-13-12-20(11-10-19-13)16-4-2-3-5-17(16)21-15-8-6-14(18)7-9-15;1-9-8-14(7-6-13-9)11-5-3-2-4-10(11)12/h2-9,13,19H,10-12H2,1H3;2-5,9,13H,6-8,12H2,1H3. The minimum absolute atomic E-state index is 0.535. The molecule has 5 nitrogen and oxygen atoms in total. The van der Waals surface area contributed by atoms with Gasteiger partial charge in [0.25, 0.3) is 0 Å². The zero-order valence-electron chi connectivity index (χ0n) is 20.6. The van der Waals surface area contributed by atoms with E-state index in [1.54, 1.807) is 11.8 Å². The number of hydrogen-bond donors (Lipinski definition) is 3. The molecular weight excluding hydrogens is 474 g/mol. The highest BCUT2D eigenvalue weighted by Crippen LogP contribution is 2.36. The predicted molar refractivity (Wildman–Crippen MR) is 152 cm³/mol. The Labute approximate surface area is 219 Å². The van der Waals surface area contributed by atoms with Crippen molar-refractivity contribution < 1.29 is 0 Å². The molecule has 2 heterocycles. The number of hydrogen-bond acceptors (Lipinski definition) is 6. The first-order chi connectivity index (χ1) is 17.0. The molecule has 0 saturated carbocycles. The lowest BCUT2D eigenvalue weighted by atomic mass is 10.2. The zero-order chi connectivity index (χ0) is 24.6. The first-order valence-electron chi connectivity index (χ1n) is 12.3. The SMILES string of the molecule is CC1CN(c2ccccc2N)CCN1.CC1CN(c2ccccc2Sc2ccc(Cl)cc2)CCN1. The van der Waals surface area contributed by atoms with Crippen LogP contribution in [0.5, 0.6) is 0 Å². The largest absolute Gasteiger partial charge is 0.397 e. The van der Waals surface area contributed by atoms with Crippen LogP contribution in [-0.2, 0) is 0 Å². The van der Waals surface area contributed by atoms with E-state index in [2.05, 4.69) is 76.7 Å². The van der Waals surface area contributed by atoms with Gasteiger partial charge in [-0.2, -0.15) is 0 Å². The minimum Gasteiger partial charge on any atom is -0.397 e. The summed E-state index contributed by atoms with van der Waals surface area (Å²) in [4.78, 5) is 7.33. The Kier molecular flexibility index (Phi) is 9.21. The highest BCUT2D eigenvalue weighted by molar-refractivity contribution is 7.99. The Morgan fingerprint density at radius 1 is 0.771 bits per heavy atom. The van der Waals surface area contributed by atoms with Crippen molar-refractivity contribution in [2.24, 2.45) is 0 Å². The fraction of sp³-hybridized carbons (Fsp3) is 0.357. The second-order valence-corrected chi connectivity index (χ2v) is 10.7. The van der Waals surface area contributed by atoms with Crippen molar-refractivity contribution in [2.75, 3.05) is 54.8 Å². The maximum Gasteiger partial charge on any atom is 0.0600 e. The van der Waals surface area contributed by atoms with Gasteiger partial charge in [0.15, 0.2) is 0 Å². The summed E-state index contributed by atoms with van der Waals surface area (Å²) in [7, 11) is 0. The fourth-order valence-electron chi connectivity index (χ4n) is 4.51. The van der Waals surface area contributed by atoms with Gasteiger partial charge in [-0.1, -0.05) is 47.6 Å². The first-order valence-corrected chi connectivity index (χ1v) is 13.5. The number of nitrogen functional groups attached to an aromatic ring is 1. The number of nitrogens with one attached hydrogen (secondary N) is 2. The predicted octanol–water partition coefficient (Wildman–Crippen LogP) is 5.36. The van der Waals surface area contributed by atoms with Crippen LogP contribution < -0.4 is 26.2 Å². The van der Waals surface area contributed by atoms with Crippen molar-refractivity contribution >= 4 is 40.4 Å². The van der Waals surface area contributed by atoms with E-state index >= 15 is 0 Å². The maximum atomic E-state index is 5.96. The molecule has 3 aromatic rings. The number of nitrogens with zero attached hydrogens (tertiary/aromatic N) is 2. The van der Waals surface area contributed by atoms with Gasteiger partial charge in [-0.15, -0.1) is 0 Å². The molecule has 0 bridgehead atoms. The summed E-state index contributed by atoms with van der Waals surface area (Å²) in [6, 6.07) is 25.8. The van der Waals surface area contributed by atoms with E-state index in [9.17, 15) is 0 Å². The molecule has 0 spiro atoms. The average Bonchev–Trinajstić information content (AvgIpc) is 2.86. The van der Waals surface area contributed by atoms with Crippen molar-refractivity contribution in [2.45, 2.75) is 35.7 Å². The summed E-state index contributed by atoms with van der Waals surface area (Å²) < 4.78 is 0. The lowest BCUT2D eigenvalue weighted by Crippen LogP contribution is -2.49. The van der Waals surface area contributed by atoms with Gasteiger partial charge in [-0.3, -0.25) is 0 Å². The molecule has 2 atom stereocenters. The Morgan fingerprint density at radius 3 is 1.91 bits per heavy atom. The Balaban J connectivity index is 0.000000179. The molecule has 2 fully saturated rings. The topological polar surface area (TPSA) is 56.6 Å². The van der Waals surface area contributed by atoms with Gasteiger partial charge in [-0.05, 0) is 62.4 Å². The number of piperazine rings is 2. The molecule has 5 rings (SSSR count). The summed E-state index contributed by atoms with van der Waals surface area (Å²) >= 11 is 7.76. The molecule has 2 aliphatic rings. The van der Waals surface area contributed by atoms with Gasteiger partial charge in [0.2, 0.25) is 0 Å². The van der Waals surface area contributed by atoms with Crippen molar-refractivity contribution in [3.8, 4) is 0 Å². The van der Waals surface area contributed by atoms with E-state index in [1.165, 1.54) is 21.2 Å². The van der Waals surface area contributed by atoms with E-state index in [-0.39, 0.29) is 0 Å². The zero-order valence-corrected chi connectivity index (χ0v) is 22.2. The Bertz CT molecular complexity index is 1080. The molecule has 2 saturated heterocycles. The Morgan fingerprint density at radius 2 is 1.31 bits per heavy atom. The molecule has 7 heteroatoms. The van der Waals surface area contributed by atoms with Crippen LogP contribution in [0.25, 0.3) is 0 Å². The molecule has 0 aromatic heterocycles. The number of nitrogens with two attached hydrogens (primary N) is 1. The smallest absolute Gasteiger partial charge is 0.0600 e.